The molecular formula is C34H30Cl2I2N2O6S. The maximum atomic E-state index is 14.2. The van der Waals surface area contributed by atoms with Gasteiger partial charge < -0.3 is 18.9 Å². The summed E-state index contributed by atoms with van der Waals surface area (Å²) in [4.78, 5) is 32.6. The SMILES string of the molecule is CCOC(=O)C1=C(C)N=c2s/c(=C/c3cc(I)c(OCc4ccc(Cl)c(Cl)c4)c(I)c3)c(=O)n2[C@H]1c1ccc(OC(C)C)c(OC)c1. The zero-order valence-electron chi connectivity index (χ0n) is 26.0. The standard InChI is InChI=1S/C34H30Cl2I2N2O6S/c1-6-44-33(42)29-18(4)39-34-40(30(29)21-8-10-26(46-17(2)3)27(15-21)43-5)32(41)28(47-34)14-20-12-24(37)31(25(38)13-20)45-16-19-7-9-22(35)23(36)11-19/h7-15,17,30H,6,16H2,1-5H3/b28-14+/t30-/m0/s1. The lowest BCUT2D eigenvalue weighted by Gasteiger charge is -2.25. The van der Waals surface area contributed by atoms with Crippen molar-refractivity contribution in [1.29, 1.82) is 0 Å². The Morgan fingerprint density at radius 3 is 2.43 bits per heavy atom. The number of hydrogen-bond acceptors (Lipinski definition) is 8. The number of hydrogen-bond donors (Lipinski definition) is 0. The molecule has 47 heavy (non-hydrogen) atoms. The number of carbonyl (C=O) groups is 1. The number of ether oxygens (including phenoxy) is 4. The lowest BCUT2D eigenvalue weighted by Crippen LogP contribution is -2.40. The molecular weight excluding hydrogens is 889 g/mol. The normalized spacial score (nSPS) is 14.6. The van der Waals surface area contributed by atoms with Crippen LogP contribution in [-0.2, 0) is 16.1 Å². The minimum atomic E-state index is -0.785. The maximum Gasteiger partial charge on any atom is 0.338 e. The van der Waals surface area contributed by atoms with Gasteiger partial charge in [-0.15, -0.1) is 0 Å². The number of aromatic nitrogens is 1. The van der Waals surface area contributed by atoms with Crippen molar-refractivity contribution in [3.05, 3.63) is 113 Å². The van der Waals surface area contributed by atoms with E-state index in [0.717, 1.165) is 24.0 Å². The number of esters is 1. The van der Waals surface area contributed by atoms with Crippen molar-refractivity contribution in [3.8, 4) is 17.2 Å². The molecule has 2 heterocycles. The van der Waals surface area contributed by atoms with E-state index < -0.39 is 12.0 Å². The van der Waals surface area contributed by atoms with Gasteiger partial charge in [-0.1, -0.05) is 46.7 Å². The Hall–Kier alpha value is -2.59. The number of fused-ring (bicyclic) bond motifs is 1. The lowest BCUT2D eigenvalue weighted by atomic mass is 9.95. The third-order valence-electron chi connectivity index (χ3n) is 7.07. The van der Waals surface area contributed by atoms with Crippen LogP contribution in [0.4, 0.5) is 0 Å². The Bertz CT molecular complexity index is 2050. The van der Waals surface area contributed by atoms with Gasteiger partial charge in [0.2, 0.25) is 0 Å². The van der Waals surface area contributed by atoms with Gasteiger partial charge in [0.1, 0.15) is 12.4 Å². The van der Waals surface area contributed by atoms with Crippen molar-refractivity contribution in [1.82, 2.24) is 4.57 Å². The third kappa shape index (κ3) is 7.85. The number of rotatable bonds is 10. The summed E-state index contributed by atoms with van der Waals surface area (Å²) in [5.74, 6) is 1.24. The van der Waals surface area contributed by atoms with Crippen LogP contribution in [0.5, 0.6) is 17.2 Å². The van der Waals surface area contributed by atoms with E-state index in [1.807, 2.05) is 44.2 Å². The van der Waals surface area contributed by atoms with Crippen molar-refractivity contribution in [2.45, 2.75) is 46.4 Å². The van der Waals surface area contributed by atoms with Crippen LogP contribution in [0.1, 0.15) is 50.4 Å². The van der Waals surface area contributed by atoms with Gasteiger partial charge in [-0.05, 0) is 132 Å². The molecule has 1 aliphatic heterocycles. The zero-order chi connectivity index (χ0) is 34.0. The van der Waals surface area contributed by atoms with Gasteiger partial charge in [0.15, 0.2) is 16.3 Å². The van der Waals surface area contributed by atoms with Crippen LogP contribution in [0, 0.1) is 7.14 Å². The van der Waals surface area contributed by atoms with Crippen molar-refractivity contribution >= 4 is 91.8 Å². The molecule has 3 aromatic carbocycles. The second kappa shape index (κ2) is 15.3. The van der Waals surface area contributed by atoms with Gasteiger partial charge in [-0.3, -0.25) is 9.36 Å². The average Bonchev–Trinajstić information content (AvgIpc) is 3.31. The Morgan fingerprint density at radius 1 is 1.06 bits per heavy atom. The van der Waals surface area contributed by atoms with Crippen molar-refractivity contribution < 1.29 is 23.7 Å². The first kappa shape index (κ1) is 35.7. The van der Waals surface area contributed by atoms with Crippen LogP contribution >= 0.6 is 79.7 Å². The fourth-order valence-corrected chi connectivity index (χ4v) is 8.54. The van der Waals surface area contributed by atoms with Gasteiger partial charge in [-0.2, -0.15) is 0 Å². The van der Waals surface area contributed by atoms with Crippen LogP contribution in [0.3, 0.4) is 0 Å². The fraction of sp³-hybridized carbons (Fsp3) is 0.265. The molecule has 0 amide bonds. The number of thiazole rings is 1. The van der Waals surface area contributed by atoms with Crippen molar-refractivity contribution in [2.24, 2.45) is 4.99 Å². The van der Waals surface area contributed by atoms with Gasteiger partial charge in [-0.25, -0.2) is 9.79 Å². The van der Waals surface area contributed by atoms with Crippen molar-refractivity contribution in [2.75, 3.05) is 13.7 Å². The zero-order valence-corrected chi connectivity index (χ0v) is 32.7. The third-order valence-corrected chi connectivity index (χ3v) is 10.4. The number of halogens is 4. The highest BCUT2D eigenvalue weighted by atomic mass is 127. The molecule has 0 bridgehead atoms. The van der Waals surface area contributed by atoms with Gasteiger partial charge >= 0.3 is 5.97 Å². The summed E-state index contributed by atoms with van der Waals surface area (Å²) in [6.45, 7) is 7.85. The molecule has 0 aliphatic carbocycles. The summed E-state index contributed by atoms with van der Waals surface area (Å²) < 4.78 is 26.9. The molecule has 0 radical (unpaired) electrons. The van der Waals surface area contributed by atoms with E-state index in [2.05, 4.69) is 50.2 Å². The molecule has 0 saturated heterocycles. The first-order valence-corrected chi connectivity index (χ1v) is 18.2. The molecule has 0 saturated carbocycles. The highest BCUT2D eigenvalue weighted by Crippen LogP contribution is 2.37. The summed E-state index contributed by atoms with van der Waals surface area (Å²) in [5, 5.41) is 0.957. The first-order valence-electron chi connectivity index (χ1n) is 14.5. The topological polar surface area (TPSA) is 88.4 Å². The molecule has 5 rings (SSSR count). The van der Waals surface area contributed by atoms with Crippen LogP contribution in [0.15, 0.2) is 69.6 Å². The molecule has 0 unspecified atom stereocenters. The van der Waals surface area contributed by atoms with E-state index in [1.165, 1.54) is 11.3 Å². The summed E-state index contributed by atoms with van der Waals surface area (Å²) >= 11 is 17.9. The molecule has 0 N–H and O–H groups in total. The average molecular weight is 919 g/mol. The molecule has 13 heteroatoms. The second-order valence-electron chi connectivity index (χ2n) is 10.7. The van der Waals surface area contributed by atoms with Gasteiger partial charge in [0, 0.05) is 0 Å². The molecule has 246 valence electrons. The number of benzene rings is 3. The van der Waals surface area contributed by atoms with E-state index in [1.54, 1.807) is 49.8 Å². The molecule has 1 aliphatic rings. The van der Waals surface area contributed by atoms with Crippen LogP contribution < -0.4 is 29.1 Å². The van der Waals surface area contributed by atoms with E-state index >= 15 is 0 Å². The Balaban J connectivity index is 1.56. The Labute approximate surface area is 313 Å². The summed E-state index contributed by atoms with van der Waals surface area (Å²) in [5.41, 5.74) is 2.87. The van der Waals surface area contributed by atoms with Crippen LogP contribution in [0.25, 0.3) is 6.08 Å². The van der Waals surface area contributed by atoms with E-state index in [4.69, 9.17) is 42.1 Å². The largest absolute Gasteiger partial charge is 0.493 e. The highest BCUT2D eigenvalue weighted by Gasteiger charge is 2.34. The summed E-state index contributed by atoms with van der Waals surface area (Å²) in [7, 11) is 1.55. The molecule has 4 aromatic rings. The first-order chi connectivity index (χ1) is 22.4. The fourth-order valence-electron chi connectivity index (χ4n) is 5.05. The molecule has 0 spiro atoms. The van der Waals surface area contributed by atoms with Gasteiger partial charge in [0.05, 0.1) is 58.9 Å². The number of methoxy groups -OCH3 is 1. The molecule has 1 atom stereocenters. The quantitative estimate of drug-likeness (QED) is 0.120. The van der Waals surface area contributed by atoms with Gasteiger partial charge in [0.25, 0.3) is 5.56 Å². The molecule has 1 aromatic heterocycles. The Morgan fingerprint density at radius 2 is 1.79 bits per heavy atom. The minimum Gasteiger partial charge on any atom is -0.493 e. The summed E-state index contributed by atoms with van der Waals surface area (Å²) in [6, 6.07) is 13.9. The van der Waals surface area contributed by atoms with Crippen LogP contribution in [-0.4, -0.2) is 30.4 Å². The second-order valence-corrected chi connectivity index (χ2v) is 14.9. The predicted molar refractivity (Wildman–Crippen MR) is 202 cm³/mol. The number of allylic oxidation sites excluding steroid dienone is 1. The van der Waals surface area contributed by atoms with E-state index in [0.29, 0.717) is 48.7 Å². The number of nitrogens with zero attached hydrogens (tertiary/aromatic N) is 2. The predicted octanol–water partition coefficient (Wildman–Crippen LogP) is 7.69. The van der Waals surface area contributed by atoms with E-state index in [-0.39, 0.29) is 23.8 Å². The highest BCUT2D eigenvalue weighted by molar-refractivity contribution is 14.1. The van der Waals surface area contributed by atoms with Crippen LogP contribution in [0.2, 0.25) is 10.0 Å². The molecule has 8 nitrogen and oxygen atoms in total. The van der Waals surface area contributed by atoms with Crippen molar-refractivity contribution in [3.63, 3.8) is 0 Å². The number of carbonyl (C=O) groups excluding carboxylic acids is 1. The molecule has 0 fully saturated rings. The monoisotopic (exact) mass is 918 g/mol. The lowest BCUT2D eigenvalue weighted by molar-refractivity contribution is -0.139. The van der Waals surface area contributed by atoms with E-state index in [9.17, 15) is 9.59 Å². The smallest absolute Gasteiger partial charge is 0.338 e. The Kier molecular flexibility index (Phi) is 11.6. The summed E-state index contributed by atoms with van der Waals surface area (Å²) in [6.07, 6.45) is 1.76. The maximum absolute atomic E-state index is 14.2. The minimum absolute atomic E-state index is 0.0704.